The van der Waals surface area contributed by atoms with Crippen molar-refractivity contribution in [3.8, 4) is 0 Å². The van der Waals surface area contributed by atoms with Crippen molar-refractivity contribution >= 4 is 17.8 Å². The molecule has 0 saturated heterocycles. The third-order valence-corrected chi connectivity index (χ3v) is 2.84. The molecule has 0 unspecified atom stereocenters. The predicted octanol–water partition coefficient (Wildman–Crippen LogP) is -2.50. The third-order valence-electron chi connectivity index (χ3n) is 2.84. The molecular weight excluding hydrogens is 301 g/mol. The number of carbonyl (C=O) groups excluding carboxylic acids is 2. The summed E-state index contributed by atoms with van der Waals surface area (Å²) in [6.45, 7) is 0.360. The molecule has 0 fully saturated rings. The van der Waals surface area contributed by atoms with Gasteiger partial charge in [0.25, 0.3) is 11.9 Å². The van der Waals surface area contributed by atoms with Crippen molar-refractivity contribution in [2.24, 2.45) is 0 Å². The smallest absolute Gasteiger partial charge is 0.662 e. The monoisotopic (exact) mass is 317 g/mol. The molecule has 7 nitrogen and oxygen atoms in total. The van der Waals surface area contributed by atoms with E-state index >= 15 is 0 Å². The Morgan fingerprint density at radius 3 is 2.32 bits per heavy atom. The summed E-state index contributed by atoms with van der Waals surface area (Å²) in [5.74, 6) is -2.40. The molecule has 1 aromatic carbocycles. The number of carbonyl (C=O) groups is 3. The molecule has 0 atom stereocenters. The van der Waals surface area contributed by atoms with Crippen LogP contribution >= 0.6 is 0 Å². The van der Waals surface area contributed by atoms with Crippen molar-refractivity contribution in [1.82, 2.24) is 5.32 Å². The molecule has 8 heteroatoms. The first-order valence-electron chi connectivity index (χ1n) is 6.49. The molecule has 2 N–H and O–H groups in total. The Morgan fingerprint density at radius 1 is 1.09 bits per heavy atom. The van der Waals surface area contributed by atoms with Crippen LogP contribution in [0.3, 0.4) is 0 Å². The molecule has 0 aliphatic heterocycles. The van der Waals surface area contributed by atoms with Gasteiger partial charge in [-0.1, -0.05) is 18.6 Å². The molecule has 0 radical (unpaired) electrons. The summed E-state index contributed by atoms with van der Waals surface area (Å²) in [5, 5.41) is 21.3. The third kappa shape index (κ3) is 7.04. The Balaban J connectivity index is 0.00000441. The van der Waals surface area contributed by atoms with E-state index in [2.05, 4.69) is 10.2 Å². The van der Waals surface area contributed by atoms with Gasteiger partial charge in [-0.2, -0.15) is 0 Å². The Hall–Kier alpha value is -1.41. The van der Waals surface area contributed by atoms with Gasteiger partial charge in [-0.15, -0.1) is 0 Å². The summed E-state index contributed by atoms with van der Waals surface area (Å²) < 4.78 is 0. The minimum Gasteiger partial charge on any atom is -0.662 e. The first-order valence-corrected chi connectivity index (χ1v) is 6.49. The SMILES string of the molecule is O=C(CCCCCNC(=O)c1ccccc1C(=O)O)O[O-].[Na+]. The maximum Gasteiger partial charge on any atom is 1.00 e. The van der Waals surface area contributed by atoms with Gasteiger partial charge >= 0.3 is 35.5 Å². The van der Waals surface area contributed by atoms with Gasteiger partial charge in [-0.3, -0.25) is 9.59 Å². The van der Waals surface area contributed by atoms with E-state index in [9.17, 15) is 19.6 Å². The van der Waals surface area contributed by atoms with Crippen molar-refractivity contribution < 1.29 is 59.2 Å². The van der Waals surface area contributed by atoms with Crippen LogP contribution in [0.2, 0.25) is 0 Å². The number of nitrogens with one attached hydrogen (secondary N) is 1. The molecular formula is C14H16NNaO6. The van der Waals surface area contributed by atoms with E-state index < -0.39 is 17.8 Å². The van der Waals surface area contributed by atoms with Crippen molar-refractivity contribution in [3.63, 3.8) is 0 Å². The number of hydrogen-bond donors (Lipinski definition) is 2. The second-order valence-corrected chi connectivity index (χ2v) is 4.37. The second kappa shape index (κ2) is 11.2. The molecule has 0 aromatic heterocycles. The summed E-state index contributed by atoms with van der Waals surface area (Å²) >= 11 is 0. The van der Waals surface area contributed by atoms with Gasteiger partial charge in [0.2, 0.25) is 0 Å². The molecule has 0 saturated carbocycles. The van der Waals surface area contributed by atoms with Gasteiger partial charge < -0.3 is 20.6 Å². The number of aromatic carboxylic acids is 1. The predicted molar refractivity (Wildman–Crippen MR) is 70.3 cm³/mol. The fourth-order valence-corrected chi connectivity index (χ4v) is 1.78. The molecule has 0 bridgehead atoms. The zero-order valence-electron chi connectivity index (χ0n) is 12.3. The van der Waals surface area contributed by atoms with Crippen molar-refractivity contribution in [1.29, 1.82) is 0 Å². The molecule has 0 aliphatic rings. The number of rotatable bonds is 8. The summed E-state index contributed by atoms with van der Waals surface area (Å²) in [6, 6.07) is 5.96. The Kier molecular flexibility index (Phi) is 10.5. The molecule has 22 heavy (non-hydrogen) atoms. The largest absolute Gasteiger partial charge is 1.00 e. The van der Waals surface area contributed by atoms with E-state index in [1.54, 1.807) is 12.1 Å². The van der Waals surface area contributed by atoms with Crippen LogP contribution in [0.5, 0.6) is 0 Å². The van der Waals surface area contributed by atoms with Crippen LogP contribution in [-0.2, 0) is 9.68 Å². The maximum atomic E-state index is 11.9. The summed E-state index contributed by atoms with van der Waals surface area (Å²) in [4.78, 5) is 36.7. The van der Waals surface area contributed by atoms with Crippen LogP contribution in [0.1, 0.15) is 46.4 Å². The van der Waals surface area contributed by atoms with Crippen LogP contribution < -0.4 is 40.1 Å². The second-order valence-electron chi connectivity index (χ2n) is 4.37. The molecule has 0 spiro atoms. The van der Waals surface area contributed by atoms with Gasteiger partial charge in [0.1, 0.15) is 0 Å². The standard InChI is InChI=1S/C14H17NO6.Na/c16-12(21-20)8-2-1-5-9-15-13(17)10-6-3-4-7-11(10)14(18)19;/h3-4,6-7,20H,1-2,5,8-9H2,(H,15,17)(H,18,19);/q;+1/p-1. The van der Waals surface area contributed by atoms with Gasteiger partial charge in [0.05, 0.1) is 11.1 Å². The number of hydrogen-bond acceptors (Lipinski definition) is 5. The first-order chi connectivity index (χ1) is 10.1. The number of unbranched alkanes of at least 4 members (excludes halogenated alkanes) is 2. The van der Waals surface area contributed by atoms with E-state index in [1.807, 2.05) is 0 Å². The number of benzene rings is 1. The minimum absolute atomic E-state index is 0. The molecule has 0 heterocycles. The molecule has 114 valence electrons. The number of amides is 1. The first kappa shape index (κ1) is 20.6. The van der Waals surface area contributed by atoms with E-state index in [0.29, 0.717) is 25.8 Å². The van der Waals surface area contributed by atoms with E-state index in [4.69, 9.17) is 5.11 Å². The van der Waals surface area contributed by atoms with Crippen molar-refractivity contribution in [3.05, 3.63) is 35.4 Å². The minimum atomic E-state index is -1.16. The van der Waals surface area contributed by atoms with Gasteiger partial charge in [-0.05, 0) is 25.0 Å². The van der Waals surface area contributed by atoms with Crippen LogP contribution in [0.4, 0.5) is 0 Å². The summed E-state index contributed by atoms with van der Waals surface area (Å²) in [6.07, 6.45) is 1.82. The van der Waals surface area contributed by atoms with Crippen molar-refractivity contribution in [2.45, 2.75) is 25.7 Å². The summed E-state index contributed by atoms with van der Waals surface area (Å²) in [7, 11) is 0. The zero-order chi connectivity index (χ0) is 15.7. The number of carboxylic acid groups (broad SMARTS) is 1. The quantitative estimate of drug-likeness (QED) is 0.237. The van der Waals surface area contributed by atoms with E-state index in [-0.39, 0.29) is 47.1 Å². The Labute approximate surface area is 149 Å². The van der Waals surface area contributed by atoms with Gasteiger partial charge in [0.15, 0.2) is 0 Å². The molecule has 1 aromatic rings. The average molecular weight is 317 g/mol. The van der Waals surface area contributed by atoms with Crippen LogP contribution in [-0.4, -0.2) is 29.5 Å². The number of carboxylic acids is 1. The molecule has 0 aliphatic carbocycles. The fraction of sp³-hybridized carbons (Fsp3) is 0.357. The fourth-order valence-electron chi connectivity index (χ4n) is 1.78. The van der Waals surface area contributed by atoms with E-state index in [1.165, 1.54) is 12.1 Å². The van der Waals surface area contributed by atoms with Crippen LogP contribution in [0.25, 0.3) is 0 Å². The van der Waals surface area contributed by atoms with Crippen LogP contribution in [0, 0.1) is 0 Å². The van der Waals surface area contributed by atoms with E-state index in [0.717, 1.165) is 0 Å². The van der Waals surface area contributed by atoms with Crippen LogP contribution in [0.15, 0.2) is 24.3 Å². The summed E-state index contributed by atoms with van der Waals surface area (Å²) in [5.41, 5.74) is 0.0631. The van der Waals surface area contributed by atoms with Crippen molar-refractivity contribution in [2.75, 3.05) is 6.54 Å². The van der Waals surface area contributed by atoms with Gasteiger partial charge in [-0.25, -0.2) is 4.79 Å². The maximum absolute atomic E-state index is 11.9. The Bertz CT molecular complexity index is 520. The Morgan fingerprint density at radius 2 is 1.73 bits per heavy atom. The molecule has 1 rings (SSSR count). The normalized spacial score (nSPS) is 9.50. The zero-order valence-corrected chi connectivity index (χ0v) is 14.3. The average Bonchev–Trinajstić information content (AvgIpc) is 2.50. The molecule has 1 amide bonds. The van der Waals surface area contributed by atoms with Gasteiger partial charge in [0, 0.05) is 13.0 Å². The topological polar surface area (TPSA) is 116 Å².